The van der Waals surface area contributed by atoms with Crippen LogP contribution in [0.25, 0.3) is 17.0 Å². The summed E-state index contributed by atoms with van der Waals surface area (Å²) in [7, 11) is 2.02. The number of nitrogens with one attached hydrogen (secondary N) is 2. The first-order valence-electron chi connectivity index (χ1n) is 21.8. The maximum Gasteiger partial charge on any atom is 0.208 e. The highest BCUT2D eigenvalue weighted by Gasteiger charge is 2.31. The molecule has 2 fully saturated rings. The van der Waals surface area contributed by atoms with Crippen molar-refractivity contribution < 1.29 is 8.78 Å². The highest BCUT2D eigenvalue weighted by atomic mass is 19.1. The minimum atomic E-state index is -0.466. The number of aryl methyl sites for hydroxylation is 2. The van der Waals surface area contributed by atoms with Gasteiger partial charge in [0.2, 0.25) is 5.96 Å². The number of guanidine groups is 1. The Bertz CT molecular complexity index is 2240. The van der Waals surface area contributed by atoms with E-state index in [9.17, 15) is 0 Å². The lowest BCUT2D eigenvalue weighted by atomic mass is 9.93. The van der Waals surface area contributed by atoms with Crippen LogP contribution in [0.2, 0.25) is 0 Å². The minimum Gasteiger partial charge on any atom is -0.371 e. The van der Waals surface area contributed by atoms with Crippen LogP contribution >= 0.6 is 0 Å². The second-order valence-electron chi connectivity index (χ2n) is 17.0. The quantitative estimate of drug-likeness (QED) is 0.173. The van der Waals surface area contributed by atoms with Crippen molar-refractivity contribution in [3.05, 3.63) is 114 Å². The van der Waals surface area contributed by atoms with Gasteiger partial charge in [0.05, 0.1) is 29.0 Å². The molecule has 2 bridgehead atoms. The summed E-state index contributed by atoms with van der Waals surface area (Å²) >= 11 is 0. The molecular formula is C48H60F2N10. The standard InChI is InChI=1S/C48H60F2N10/c1-7-51-33(3)14-13-32(2)47-41(49)28-39(29-42(47)50)57-20-17-37(18-21-57)58-22-24-59(25-23-58)38-15-16-43-46(30-38)60-19-11-9-8-10-12-45-40(31-52-56(45)6)44-27-36(26-34(4)53-44)35(5)54-48(60)55-43/h7,15-16,26-32,37,51H,1,3,5,8-14,17-25H2,2,4,6H3,(H,54,55). The van der Waals surface area contributed by atoms with Crippen molar-refractivity contribution in [2.75, 3.05) is 65.8 Å². The Morgan fingerprint density at radius 3 is 2.42 bits per heavy atom. The van der Waals surface area contributed by atoms with E-state index in [4.69, 9.17) is 9.98 Å². The molecule has 12 heteroatoms. The first-order chi connectivity index (χ1) is 29.1. The molecule has 4 aromatic rings. The number of piperidine rings is 1. The maximum absolute atomic E-state index is 15.4. The number of rotatable bonds is 9. The predicted octanol–water partition coefficient (Wildman–Crippen LogP) is 9.37. The lowest BCUT2D eigenvalue weighted by Crippen LogP contribution is -2.53. The van der Waals surface area contributed by atoms with E-state index in [1.807, 2.05) is 31.8 Å². The summed E-state index contributed by atoms with van der Waals surface area (Å²) in [6.45, 7) is 22.2. The molecule has 4 aliphatic rings. The Hall–Kier alpha value is -5.49. The van der Waals surface area contributed by atoms with Gasteiger partial charge in [-0.2, -0.15) is 5.10 Å². The number of hydrogen-bond acceptors (Lipinski definition) is 9. The van der Waals surface area contributed by atoms with E-state index in [0.717, 1.165) is 136 Å². The third kappa shape index (κ3) is 8.84. The summed E-state index contributed by atoms with van der Waals surface area (Å²) in [5, 5.41) is 11.2. The second-order valence-corrected chi connectivity index (χ2v) is 17.0. The Balaban J connectivity index is 0.898. The van der Waals surface area contributed by atoms with Gasteiger partial charge in [-0.05, 0) is 106 Å². The molecule has 10 nitrogen and oxygen atoms in total. The van der Waals surface area contributed by atoms with Crippen LogP contribution in [-0.2, 0) is 13.5 Å². The van der Waals surface area contributed by atoms with Gasteiger partial charge < -0.3 is 25.3 Å². The van der Waals surface area contributed by atoms with Crippen LogP contribution in [0, 0.1) is 18.6 Å². The zero-order valence-electron chi connectivity index (χ0n) is 35.6. The summed E-state index contributed by atoms with van der Waals surface area (Å²) in [5.74, 6) is -0.381. The van der Waals surface area contributed by atoms with Gasteiger partial charge in [0.15, 0.2) is 0 Å². The van der Waals surface area contributed by atoms with Gasteiger partial charge in [-0.1, -0.05) is 39.5 Å². The summed E-state index contributed by atoms with van der Waals surface area (Å²) in [4.78, 5) is 19.6. The van der Waals surface area contributed by atoms with Crippen molar-refractivity contribution in [1.29, 1.82) is 0 Å². The van der Waals surface area contributed by atoms with Crippen molar-refractivity contribution in [1.82, 2.24) is 25.0 Å². The van der Waals surface area contributed by atoms with Crippen molar-refractivity contribution in [3.63, 3.8) is 0 Å². The van der Waals surface area contributed by atoms with Gasteiger partial charge in [0.25, 0.3) is 0 Å². The van der Waals surface area contributed by atoms with E-state index < -0.39 is 11.6 Å². The van der Waals surface area contributed by atoms with E-state index in [1.54, 1.807) is 6.20 Å². The Kier molecular flexibility index (Phi) is 12.4. The van der Waals surface area contributed by atoms with E-state index in [1.165, 1.54) is 23.5 Å². The molecule has 0 radical (unpaired) electrons. The van der Waals surface area contributed by atoms with E-state index >= 15 is 8.78 Å². The summed E-state index contributed by atoms with van der Waals surface area (Å²) in [6.07, 6.45) is 12.1. The fourth-order valence-electron chi connectivity index (χ4n) is 9.53. The number of aliphatic imine (C=N–C) groups is 1. The number of halogens is 2. The number of aromatic nitrogens is 3. The number of allylic oxidation sites excluding steroid dienone is 1. The number of pyridine rings is 1. The SMILES string of the molecule is C=CNC(=C)CCC(C)c1c(F)cc(N2CCC(N3CCN(c4ccc5c(c4)N4CCCCCCc6c(cnn6C)-c6cc(cc(C)n6)C(=C)/N=C/4N5)CC3)CC2)cc1F. The molecule has 1 atom stereocenters. The van der Waals surface area contributed by atoms with Crippen LogP contribution in [0.5, 0.6) is 0 Å². The van der Waals surface area contributed by atoms with Crippen LogP contribution < -0.4 is 25.3 Å². The smallest absolute Gasteiger partial charge is 0.208 e. The van der Waals surface area contributed by atoms with Crippen molar-refractivity contribution in [2.24, 2.45) is 12.0 Å². The monoisotopic (exact) mass is 814 g/mol. The van der Waals surface area contributed by atoms with Gasteiger partial charge in [-0.15, -0.1) is 0 Å². The number of piperazine rings is 1. The molecule has 60 heavy (non-hydrogen) atoms. The highest BCUT2D eigenvalue weighted by Crippen LogP contribution is 2.38. The number of anilines is 4. The number of nitrogens with zero attached hydrogens (tertiary/aromatic N) is 8. The molecule has 6 heterocycles. The van der Waals surface area contributed by atoms with Gasteiger partial charge in [0.1, 0.15) is 11.6 Å². The zero-order valence-corrected chi connectivity index (χ0v) is 35.6. The van der Waals surface area contributed by atoms with Crippen LogP contribution in [-0.4, -0.2) is 77.5 Å². The molecule has 1 unspecified atom stereocenters. The van der Waals surface area contributed by atoms with Gasteiger partial charge >= 0.3 is 0 Å². The molecule has 0 spiro atoms. The van der Waals surface area contributed by atoms with Crippen LogP contribution in [0.3, 0.4) is 0 Å². The first kappa shape index (κ1) is 41.3. The molecule has 0 aliphatic carbocycles. The lowest BCUT2D eigenvalue weighted by Gasteiger charge is -2.44. The first-order valence-corrected chi connectivity index (χ1v) is 21.8. The summed E-state index contributed by atoms with van der Waals surface area (Å²) in [6, 6.07) is 14.4. The fourth-order valence-corrected chi connectivity index (χ4v) is 9.53. The highest BCUT2D eigenvalue weighted by molar-refractivity contribution is 6.16. The average Bonchev–Trinajstić information content (AvgIpc) is 3.78. The largest absolute Gasteiger partial charge is 0.371 e. The van der Waals surface area contributed by atoms with Gasteiger partial charge in [-0.25, -0.2) is 13.8 Å². The molecule has 2 aromatic heterocycles. The Labute approximate surface area is 354 Å². The molecular weight excluding hydrogens is 755 g/mol. The maximum atomic E-state index is 15.4. The van der Waals surface area contributed by atoms with Gasteiger partial charge in [0, 0.05) is 104 Å². The minimum absolute atomic E-state index is 0.158. The van der Waals surface area contributed by atoms with E-state index in [2.05, 4.69) is 85.4 Å². The van der Waals surface area contributed by atoms with Crippen molar-refractivity contribution in [3.8, 4) is 11.3 Å². The Morgan fingerprint density at radius 1 is 0.933 bits per heavy atom. The average molecular weight is 815 g/mol. The van der Waals surface area contributed by atoms with E-state index in [0.29, 0.717) is 30.3 Å². The van der Waals surface area contributed by atoms with Crippen LogP contribution in [0.1, 0.15) is 86.7 Å². The second kappa shape index (κ2) is 18.0. The van der Waals surface area contributed by atoms with Crippen LogP contribution in [0.4, 0.5) is 31.5 Å². The van der Waals surface area contributed by atoms with Crippen molar-refractivity contribution >= 4 is 34.4 Å². The molecule has 8 rings (SSSR count). The van der Waals surface area contributed by atoms with Crippen LogP contribution in [0.15, 0.2) is 85.3 Å². The lowest BCUT2D eigenvalue weighted by molar-refractivity contribution is 0.160. The zero-order chi connectivity index (χ0) is 41.9. The topological polar surface area (TPSA) is 80.1 Å². The molecule has 4 aliphatic heterocycles. The molecule has 0 saturated carbocycles. The van der Waals surface area contributed by atoms with Crippen molar-refractivity contribution in [2.45, 2.75) is 83.6 Å². The summed E-state index contributed by atoms with van der Waals surface area (Å²) < 4.78 is 32.7. The molecule has 2 N–H and O–H groups in total. The normalized spacial score (nSPS) is 19.2. The fraction of sp³-hybridized carbons (Fsp3) is 0.438. The third-order valence-electron chi connectivity index (χ3n) is 13.0. The number of fused-ring (bicyclic) bond motifs is 7. The molecule has 2 saturated heterocycles. The molecule has 0 amide bonds. The Morgan fingerprint density at radius 2 is 1.67 bits per heavy atom. The van der Waals surface area contributed by atoms with E-state index in [-0.39, 0.29) is 11.5 Å². The van der Waals surface area contributed by atoms with Gasteiger partial charge in [-0.3, -0.25) is 14.6 Å². The predicted molar refractivity (Wildman–Crippen MR) is 243 cm³/mol. The summed E-state index contributed by atoms with van der Waals surface area (Å²) in [5.41, 5.74) is 10.8. The molecule has 2 aromatic carbocycles. The number of hydrogen-bond donors (Lipinski definition) is 2. The third-order valence-corrected chi connectivity index (χ3v) is 13.0. The molecule has 316 valence electrons. The number of benzene rings is 2.